The van der Waals surface area contributed by atoms with E-state index in [0.29, 0.717) is 0 Å². The van der Waals surface area contributed by atoms with Gasteiger partial charge in [0.25, 0.3) is 0 Å². The van der Waals surface area contributed by atoms with Crippen LogP contribution in [-0.2, 0) is 12.8 Å². The second-order valence-corrected chi connectivity index (χ2v) is 4.86. The predicted octanol–water partition coefficient (Wildman–Crippen LogP) is 3.95. The van der Waals surface area contributed by atoms with Gasteiger partial charge in [0.15, 0.2) is 0 Å². The molecular weight excluding hydrogens is 244 g/mol. The maximum absolute atomic E-state index is 6.41. The summed E-state index contributed by atoms with van der Waals surface area (Å²) in [5.41, 5.74) is 3.24. The third-order valence-corrected chi connectivity index (χ3v) is 3.24. The Bertz CT molecular complexity index is 485. The lowest BCUT2D eigenvalue weighted by molar-refractivity contribution is 0.828. The minimum atomic E-state index is -0.0319. The zero-order chi connectivity index (χ0) is 12.8. The predicted molar refractivity (Wildman–Crippen MR) is 74.8 cm³/mol. The molecule has 1 aromatic heterocycles. The van der Waals surface area contributed by atoms with Crippen LogP contribution < -0.4 is 0 Å². The maximum Gasteiger partial charge on any atom is 0.115 e. The average molecular weight is 261 g/mol. The SMILES string of the molecule is CCCc1cc(CC(Cl)c2ccccc2)ncn1. The topological polar surface area (TPSA) is 25.8 Å². The van der Waals surface area contributed by atoms with Crippen LogP contribution in [0, 0.1) is 0 Å². The average Bonchev–Trinajstić information content (AvgIpc) is 2.40. The molecule has 0 fully saturated rings. The van der Waals surface area contributed by atoms with E-state index in [1.54, 1.807) is 6.33 Å². The molecule has 1 unspecified atom stereocenters. The van der Waals surface area contributed by atoms with E-state index >= 15 is 0 Å². The number of halogens is 1. The van der Waals surface area contributed by atoms with Gasteiger partial charge >= 0.3 is 0 Å². The number of aromatic nitrogens is 2. The maximum atomic E-state index is 6.41. The molecule has 0 radical (unpaired) electrons. The van der Waals surface area contributed by atoms with Crippen molar-refractivity contribution in [1.82, 2.24) is 9.97 Å². The van der Waals surface area contributed by atoms with E-state index in [2.05, 4.69) is 23.0 Å². The summed E-state index contributed by atoms with van der Waals surface area (Å²) in [6.45, 7) is 2.15. The van der Waals surface area contributed by atoms with Gasteiger partial charge in [0.05, 0.1) is 5.38 Å². The van der Waals surface area contributed by atoms with Crippen LogP contribution in [0.5, 0.6) is 0 Å². The largest absolute Gasteiger partial charge is 0.241 e. The molecule has 0 amide bonds. The first-order valence-corrected chi connectivity index (χ1v) is 6.72. The van der Waals surface area contributed by atoms with Gasteiger partial charge in [-0.1, -0.05) is 43.7 Å². The van der Waals surface area contributed by atoms with E-state index < -0.39 is 0 Å². The van der Waals surface area contributed by atoms with Crippen molar-refractivity contribution < 1.29 is 0 Å². The molecule has 0 aliphatic carbocycles. The minimum Gasteiger partial charge on any atom is -0.241 e. The van der Waals surface area contributed by atoms with Crippen molar-refractivity contribution in [2.24, 2.45) is 0 Å². The summed E-state index contributed by atoms with van der Waals surface area (Å²) < 4.78 is 0. The van der Waals surface area contributed by atoms with Gasteiger partial charge in [-0.15, -0.1) is 11.6 Å². The molecule has 2 rings (SSSR count). The number of alkyl halides is 1. The molecule has 0 saturated heterocycles. The van der Waals surface area contributed by atoms with Crippen molar-refractivity contribution in [2.45, 2.75) is 31.6 Å². The molecule has 18 heavy (non-hydrogen) atoms. The monoisotopic (exact) mass is 260 g/mol. The molecule has 2 aromatic rings. The van der Waals surface area contributed by atoms with E-state index in [9.17, 15) is 0 Å². The molecule has 1 heterocycles. The fourth-order valence-electron chi connectivity index (χ4n) is 1.91. The first-order valence-electron chi connectivity index (χ1n) is 6.28. The van der Waals surface area contributed by atoms with E-state index in [0.717, 1.165) is 36.2 Å². The third kappa shape index (κ3) is 3.54. The van der Waals surface area contributed by atoms with Gasteiger partial charge in [0, 0.05) is 17.8 Å². The van der Waals surface area contributed by atoms with Crippen LogP contribution in [0.1, 0.15) is 35.7 Å². The normalized spacial score (nSPS) is 12.3. The summed E-state index contributed by atoms with van der Waals surface area (Å²) in [5, 5.41) is -0.0319. The fourth-order valence-corrected chi connectivity index (χ4v) is 2.22. The molecule has 94 valence electrons. The zero-order valence-electron chi connectivity index (χ0n) is 10.5. The summed E-state index contributed by atoms with van der Waals surface area (Å²) in [6, 6.07) is 12.2. The van der Waals surface area contributed by atoms with E-state index in [1.165, 1.54) is 0 Å². The molecule has 1 aromatic carbocycles. The lowest BCUT2D eigenvalue weighted by atomic mass is 10.1. The summed E-state index contributed by atoms with van der Waals surface area (Å²) in [5.74, 6) is 0. The Labute approximate surface area is 113 Å². The fraction of sp³-hybridized carbons (Fsp3) is 0.333. The quantitative estimate of drug-likeness (QED) is 0.761. The molecule has 1 atom stereocenters. The molecule has 0 N–H and O–H groups in total. The van der Waals surface area contributed by atoms with Crippen LogP contribution in [0.4, 0.5) is 0 Å². The van der Waals surface area contributed by atoms with Crippen LogP contribution >= 0.6 is 11.6 Å². The van der Waals surface area contributed by atoms with Crippen molar-refractivity contribution in [1.29, 1.82) is 0 Å². The number of aryl methyl sites for hydroxylation is 1. The van der Waals surface area contributed by atoms with Crippen molar-refractivity contribution in [3.63, 3.8) is 0 Å². The Morgan fingerprint density at radius 3 is 2.56 bits per heavy atom. The summed E-state index contributed by atoms with van der Waals surface area (Å²) in [4.78, 5) is 8.55. The third-order valence-electron chi connectivity index (χ3n) is 2.84. The smallest absolute Gasteiger partial charge is 0.115 e. The van der Waals surface area contributed by atoms with Gasteiger partial charge in [-0.05, 0) is 18.1 Å². The lowest BCUT2D eigenvalue weighted by Gasteiger charge is -2.09. The Hall–Kier alpha value is -1.41. The summed E-state index contributed by atoms with van der Waals surface area (Å²) in [7, 11) is 0. The summed E-state index contributed by atoms with van der Waals surface area (Å²) >= 11 is 6.41. The Kier molecular flexibility index (Phi) is 4.71. The zero-order valence-corrected chi connectivity index (χ0v) is 11.3. The van der Waals surface area contributed by atoms with Gasteiger partial charge in [-0.25, -0.2) is 9.97 Å². The molecule has 2 nitrogen and oxygen atoms in total. The first kappa shape index (κ1) is 13.0. The lowest BCUT2D eigenvalue weighted by Crippen LogP contribution is -2.00. The summed E-state index contributed by atoms with van der Waals surface area (Å²) in [6.07, 6.45) is 4.47. The van der Waals surface area contributed by atoms with E-state index in [1.807, 2.05) is 30.3 Å². The number of rotatable bonds is 5. The number of benzene rings is 1. The molecule has 0 bridgehead atoms. The van der Waals surface area contributed by atoms with E-state index in [4.69, 9.17) is 11.6 Å². The number of nitrogens with zero attached hydrogens (tertiary/aromatic N) is 2. The Balaban J connectivity index is 2.07. The molecule has 0 saturated carbocycles. The van der Waals surface area contributed by atoms with Crippen molar-refractivity contribution in [3.8, 4) is 0 Å². The standard InChI is InChI=1S/C15H17ClN2/c1-2-6-13-9-14(18-11-17-13)10-15(16)12-7-4-3-5-8-12/h3-5,7-9,11,15H,2,6,10H2,1H3. The van der Waals surface area contributed by atoms with Gasteiger partial charge < -0.3 is 0 Å². The second-order valence-electron chi connectivity index (χ2n) is 4.33. The van der Waals surface area contributed by atoms with Crippen LogP contribution in [0.15, 0.2) is 42.7 Å². The van der Waals surface area contributed by atoms with Gasteiger partial charge in [0.1, 0.15) is 6.33 Å². The first-order chi connectivity index (χ1) is 8.79. The van der Waals surface area contributed by atoms with Crippen LogP contribution in [-0.4, -0.2) is 9.97 Å². The Morgan fingerprint density at radius 1 is 1.11 bits per heavy atom. The highest BCUT2D eigenvalue weighted by molar-refractivity contribution is 6.20. The van der Waals surface area contributed by atoms with Crippen LogP contribution in [0.2, 0.25) is 0 Å². The van der Waals surface area contributed by atoms with Crippen LogP contribution in [0.3, 0.4) is 0 Å². The van der Waals surface area contributed by atoms with Crippen LogP contribution in [0.25, 0.3) is 0 Å². The highest BCUT2D eigenvalue weighted by Gasteiger charge is 2.09. The molecule has 0 aliphatic rings. The second kappa shape index (κ2) is 6.50. The highest BCUT2D eigenvalue weighted by atomic mass is 35.5. The van der Waals surface area contributed by atoms with Crippen molar-refractivity contribution >= 4 is 11.6 Å². The van der Waals surface area contributed by atoms with Crippen molar-refractivity contribution in [2.75, 3.05) is 0 Å². The molecule has 0 spiro atoms. The van der Waals surface area contributed by atoms with Crippen molar-refractivity contribution in [3.05, 3.63) is 59.7 Å². The van der Waals surface area contributed by atoms with E-state index in [-0.39, 0.29) is 5.38 Å². The number of hydrogen-bond acceptors (Lipinski definition) is 2. The number of hydrogen-bond donors (Lipinski definition) is 0. The van der Waals surface area contributed by atoms with Gasteiger partial charge in [-0.2, -0.15) is 0 Å². The highest BCUT2D eigenvalue weighted by Crippen LogP contribution is 2.23. The molecule has 0 aliphatic heterocycles. The van der Waals surface area contributed by atoms with Gasteiger partial charge in [0.2, 0.25) is 0 Å². The molecule has 3 heteroatoms. The Morgan fingerprint density at radius 2 is 1.83 bits per heavy atom. The minimum absolute atomic E-state index is 0.0319. The molecular formula is C15H17ClN2. The van der Waals surface area contributed by atoms with Gasteiger partial charge in [-0.3, -0.25) is 0 Å².